The summed E-state index contributed by atoms with van der Waals surface area (Å²) in [6.07, 6.45) is 0.314. The van der Waals surface area contributed by atoms with E-state index in [0.29, 0.717) is 17.5 Å². The van der Waals surface area contributed by atoms with Crippen LogP contribution in [0.4, 0.5) is 0 Å². The van der Waals surface area contributed by atoms with Crippen LogP contribution in [0.15, 0.2) is 102 Å². The highest BCUT2D eigenvalue weighted by atomic mass is 32.2. The third-order valence-electron chi connectivity index (χ3n) is 6.74. The van der Waals surface area contributed by atoms with E-state index in [1.54, 1.807) is 24.3 Å². The number of benzene rings is 4. The molecule has 6 nitrogen and oxygen atoms in total. The average Bonchev–Trinajstić information content (AvgIpc) is 3.40. The Balaban J connectivity index is 1.47. The van der Waals surface area contributed by atoms with Crippen molar-refractivity contribution >= 4 is 38.7 Å². The molecule has 8 heteroatoms. The van der Waals surface area contributed by atoms with Gasteiger partial charge in [-0.05, 0) is 63.9 Å². The lowest BCUT2D eigenvalue weighted by molar-refractivity contribution is -0.120. The van der Waals surface area contributed by atoms with Gasteiger partial charge in [0.25, 0.3) is 10.0 Å². The van der Waals surface area contributed by atoms with E-state index in [0.717, 1.165) is 39.5 Å². The second-order valence-corrected chi connectivity index (χ2v) is 12.8. The minimum absolute atomic E-state index is 0.0489. The molecular formula is C31H29N3O3S2. The van der Waals surface area contributed by atoms with Crippen molar-refractivity contribution < 1.29 is 13.2 Å². The summed E-state index contributed by atoms with van der Waals surface area (Å²) in [4.78, 5) is 13.7. The third kappa shape index (κ3) is 6.08. The standard InChI is InChI=1S/C31H29N3O3S2/c1-31(2,3)25-13-15-26(16-14-25)39(36,37)34-30(35)27(24-12-17-28-29(20-24)33-38-32-28)19-21-8-7-11-23(18-21)22-9-5-4-6-10-22/h4-18,20,27H,19H2,1-3H3,(H,34,35). The highest BCUT2D eigenvalue weighted by molar-refractivity contribution is 7.90. The van der Waals surface area contributed by atoms with Crippen LogP contribution in [0.2, 0.25) is 0 Å². The first-order valence-corrected chi connectivity index (χ1v) is 14.9. The second kappa shape index (κ2) is 10.7. The van der Waals surface area contributed by atoms with Crippen LogP contribution in [0, 0.1) is 0 Å². The summed E-state index contributed by atoms with van der Waals surface area (Å²) in [7, 11) is -4.08. The first-order chi connectivity index (χ1) is 18.6. The van der Waals surface area contributed by atoms with E-state index < -0.39 is 21.8 Å². The molecule has 0 aliphatic rings. The number of rotatable bonds is 7. The maximum Gasteiger partial charge on any atom is 0.264 e. The maximum atomic E-state index is 13.7. The van der Waals surface area contributed by atoms with Gasteiger partial charge in [0.05, 0.1) is 22.5 Å². The fraction of sp³-hybridized carbons (Fsp3) is 0.194. The summed E-state index contributed by atoms with van der Waals surface area (Å²) < 4.78 is 37.4. The fourth-order valence-corrected chi connectivity index (χ4v) is 6.06. The topological polar surface area (TPSA) is 89.0 Å². The van der Waals surface area contributed by atoms with Crippen molar-refractivity contribution in [1.29, 1.82) is 0 Å². The summed E-state index contributed by atoms with van der Waals surface area (Å²) in [6, 6.07) is 30.1. The van der Waals surface area contributed by atoms with Gasteiger partial charge < -0.3 is 0 Å². The average molecular weight is 556 g/mol. The van der Waals surface area contributed by atoms with Gasteiger partial charge in [-0.25, -0.2) is 13.1 Å². The van der Waals surface area contributed by atoms with Crippen molar-refractivity contribution in [2.75, 3.05) is 0 Å². The summed E-state index contributed by atoms with van der Waals surface area (Å²) in [6.45, 7) is 6.18. The van der Waals surface area contributed by atoms with E-state index >= 15 is 0 Å². The van der Waals surface area contributed by atoms with E-state index in [9.17, 15) is 13.2 Å². The minimum Gasteiger partial charge on any atom is -0.273 e. The number of nitrogens with one attached hydrogen (secondary N) is 1. The lowest BCUT2D eigenvalue weighted by atomic mass is 9.87. The molecule has 0 spiro atoms. The molecule has 1 N–H and O–H groups in total. The molecule has 0 bridgehead atoms. The highest BCUT2D eigenvalue weighted by Crippen LogP contribution is 2.28. The van der Waals surface area contributed by atoms with Crippen LogP contribution in [-0.4, -0.2) is 23.1 Å². The molecule has 1 unspecified atom stereocenters. The molecular weight excluding hydrogens is 526 g/mol. The number of hydrogen-bond donors (Lipinski definition) is 1. The lowest BCUT2D eigenvalue weighted by Gasteiger charge is -2.20. The predicted octanol–water partition coefficient (Wildman–Crippen LogP) is 6.49. The van der Waals surface area contributed by atoms with Crippen LogP contribution in [0.25, 0.3) is 22.2 Å². The van der Waals surface area contributed by atoms with Gasteiger partial charge >= 0.3 is 0 Å². The summed E-state index contributed by atoms with van der Waals surface area (Å²) >= 11 is 1.10. The Labute approximate surface area is 233 Å². The van der Waals surface area contributed by atoms with E-state index in [1.165, 1.54) is 0 Å². The number of sulfonamides is 1. The van der Waals surface area contributed by atoms with E-state index in [2.05, 4.69) is 34.2 Å². The zero-order valence-corrected chi connectivity index (χ0v) is 23.6. The van der Waals surface area contributed by atoms with Crippen molar-refractivity contribution in [1.82, 2.24) is 13.5 Å². The van der Waals surface area contributed by atoms with Gasteiger partial charge in [-0.15, -0.1) is 0 Å². The molecule has 1 amide bonds. The number of hydrogen-bond acceptors (Lipinski definition) is 6. The van der Waals surface area contributed by atoms with Gasteiger partial charge in [0.15, 0.2) is 0 Å². The Bertz CT molecular complexity index is 1720. The van der Waals surface area contributed by atoms with Crippen LogP contribution < -0.4 is 4.72 Å². The molecule has 5 aromatic rings. The van der Waals surface area contributed by atoms with Crippen molar-refractivity contribution in [2.45, 2.75) is 43.4 Å². The van der Waals surface area contributed by atoms with Crippen LogP contribution in [-0.2, 0) is 26.7 Å². The first-order valence-electron chi connectivity index (χ1n) is 12.6. The fourth-order valence-electron chi connectivity index (χ4n) is 4.52. The molecule has 0 fully saturated rings. The van der Waals surface area contributed by atoms with Crippen molar-refractivity contribution in [3.63, 3.8) is 0 Å². The normalized spacial score (nSPS) is 12.8. The molecule has 0 saturated heterocycles. The van der Waals surface area contributed by atoms with Crippen LogP contribution >= 0.6 is 11.7 Å². The second-order valence-electron chi connectivity index (χ2n) is 10.6. The number of fused-ring (bicyclic) bond motifs is 1. The Morgan fingerprint density at radius 2 is 1.51 bits per heavy atom. The van der Waals surface area contributed by atoms with Gasteiger partial charge in [-0.2, -0.15) is 8.75 Å². The van der Waals surface area contributed by atoms with Gasteiger partial charge in [-0.1, -0.05) is 93.6 Å². The molecule has 1 heterocycles. The lowest BCUT2D eigenvalue weighted by Crippen LogP contribution is -2.35. The number of carbonyl (C=O) groups is 1. The molecule has 0 aliphatic carbocycles. The Hall–Kier alpha value is -3.88. The van der Waals surface area contributed by atoms with Crippen molar-refractivity contribution in [3.05, 3.63) is 114 Å². The van der Waals surface area contributed by atoms with Crippen LogP contribution in [0.5, 0.6) is 0 Å². The van der Waals surface area contributed by atoms with Gasteiger partial charge in [-0.3, -0.25) is 4.79 Å². The molecule has 4 aromatic carbocycles. The molecule has 0 saturated carbocycles. The third-order valence-corrected chi connectivity index (χ3v) is 8.66. The van der Waals surface area contributed by atoms with Crippen molar-refractivity contribution in [2.24, 2.45) is 0 Å². The number of aromatic nitrogens is 2. The number of carbonyl (C=O) groups excluding carboxylic acids is 1. The summed E-state index contributed by atoms with van der Waals surface area (Å²) in [5.41, 5.74) is 5.99. The minimum atomic E-state index is -4.08. The van der Waals surface area contributed by atoms with Gasteiger partial charge in [0.1, 0.15) is 11.0 Å². The van der Waals surface area contributed by atoms with E-state index in [-0.39, 0.29) is 10.3 Å². The SMILES string of the molecule is CC(C)(C)c1ccc(S(=O)(=O)NC(=O)C(Cc2cccc(-c3ccccc3)c2)c2ccc3nsnc3c2)cc1. The van der Waals surface area contributed by atoms with Gasteiger partial charge in [0, 0.05) is 0 Å². The smallest absolute Gasteiger partial charge is 0.264 e. The summed E-state index contributed by atoms with van der Waals surface area (Å²) in [5, 5.41) is 0. The molecule has 39 heavy (non-hydrogen) atoms. The number of nitrogens with zero attached hydrogens (tertiary/aromatic N) is 2. The first kappa shape index (κ1) is 26.7. The predicted molar refractivity (Wildman–Crippen MR) is 156 cm³/mol. The van der Waals surface area contributed by atoms with Crippen LogP contribution in [0.3, 0.4) is 0 Å². The molecule has 1 aromatic heterocycles. The highest BCUT2D eigenvalue weighted by Gasteiger charge is 2.27. The van der Waals surface area contributed by atoms with E-state index in [1.807, 2.05) is 72.8 Å². The molecule has 5 rings (SSSR count). The number of amides is 1. The zero-order valence-electron chi connectivity index (χ0n) is 22.0. The molecule has 198 valence electrons. The largest absolute Gasteiger partial charge is 0.273 e. The maximum absolute atomic E-state index is 13.7. The van der Waals surface area contributed by atoms with Gasteiger partial charge in [0.2, 0.25) is 5.91 Å². The quantitative estimate of drug-likeness (QED) is 0.248. The molecule has 0 radical (unpaired) electrons. The Morgan fingerprint density at radius 3 is 2.23 bits per heavy atom. The molecule has 1 atom stereocenters. The Morgan fingerprint density at radius 1 is 0.821 bits per heavy atom. The van der Waals surface area contributed by atoms with E-state index in [4.69, 9.17) is 0 Å². The van der Waals surface area contributed by atoms with Crippen LogP contribution in [0.1, 0.15) is 43.4 Å². The molecule has 0 aliphatic heterocycles. The zero-order chi connectivity index (χ0) is 27.6. The Kier molecular flexibility index (Phi) is 7.34. The van der Waals surface area contributed by atoms with Crippen molar-refractivity contribution in [3.8, 4) is 11.1 Å². The monoisotopic (exact) mass is 555 g/mol. The summed E-state index contributed by atoms with van der Waals surface area (Å²) in [5.74, 6) is -1.35.